The monoisotopic (exact) mass is 190 g/mol. The van der Waals surface area contributed by atoms with Crippen LogP contribution in [-0.2, 0) is 10.0 Å². The Morgan fingerprint density at radius 2 is 2.00 bits per heavy atom. The summed E-state index contributed by atoms with van der Waals surface area (Å²) in [6.45, 7) is 4.04. The highest BCUT2D eigenvalue weighted by atomic mass is 32.2. The second-order valence-electron chi connectivity index (χ2n) is 3.81. The zero-order valence-electron chi connectivity index (χ0n) is 7.66. The minimum Gasteiger partial charge on any atom is -0.211 e. The maximum atomic E-state index is 11.2. The Balaban J connectivity index is 2.27. The highest BCUT2D eigenvalue weighted by molar-refractivity contribution is 7.89. The minimum absolute atomic E-state index is 0.127. The predicted molar refractivity (Wildman–Crippen MR) is 48.4 cm³/mol. The van der Waals surface area contributed by atoms with E-state index in [0.717, 1.165) is 19.3 Å². The molecule has 1 aliphatic rings. The van der Waals surface area contributed by atoms with Crippen LogP contribution in [0, 0.1) is 5.92 Å². The molecule has 0 bridgehead atoms. The van der Waals surface area contributed by atoms with Crippen molar-refractivity contribution >= 4 is 10.0 Å². The van der Waals surface area contributed by atoms with Gasteiger partial charge in [0.05, 0.1) is 5.75 Å². The smallest absolute Gasteiger partial charge is 0.211 e. The topological polar surface area (TPSA) is 48.2 Å². The van der Waals surface area contributed by atoms with Gasteiger partial charge in [-0.2, -0.15) is 0 Å². The normalized spacial score (nSPS) is 18.6. The third-order valence-corrected chi connectivity index (χ3v) is 3.18. The lowest BCUT2D eigenvalue weighted by atomic mass is 10.2. The molecule has 12 heavy (non-hydrogen) atoms. The van der Waals surface area contributed by atoms with Gasteiger partial charge in [-0.1, -0.05) is 13.8 Å². The zero-order chi connectivity index (χ0) is 9.19. The van der Waals surface area contributed by atoms with Crippen LogP contribution in [0.5, 0.6) is 0 Å². The van der Waals surface area contributed by atoms with E-state index in [0.29, 0.717) is 5.92 Å². The molecule has 1 rings (SSSR count). The largest absolute Gasteiger partial charge is 0.228 e. The van der Waals surface area contributed by atoms with Crippen LogP contribution in [0.25, 0.3) is 0 Å². The first-order valence-electron chi connectivity index (χ1n) is 4.44. The molecule has 0 unspecified atom stereocenters. The number of hydrogen-bond acceptors (Lipinski definition) is 2. The lowest BCUT2D eigenvalue weighted by Crippen LogP contribution is -2.22. The van der Waals surface area contributed by atoms with E-state index in [1.165, 1.54) is 0 Å². The molecule has 1 radical (unpaired) electrons. The van der Waals surface area contributed by atoms with Crippen molar-refractivity contribution in [3.63, 3.8) is 0 Å². The quantitative estimate of drug-likeness (QED) is 0.652. The molecular weight excluding hydrogens is 174 g/mol. The second kappa shape index (κ2) is 3.75. The first-order valence-corrected chi connectivity index (χ1v) is 6.05. The van der Waals surface area contributed by atoms with E-state index in [2.05, 4.69) is 4.72 Å². The summed E-state index contributed by atoms with van der Waals surface area (Å²) in [5.74, 6) is 0.662. The molecule has 1 saturated carbocycles. The summed E-state index contributed by atoms with van der Waals surface area (Å²) in [5, 5.41) is 0. The summed E-state index contributed by atoms with van der Waals surface area (Å²) in [7, 11) is -3.09. The molecule has 0 atom stereocenters. The van der Waals surface area contributed by atoms with E-state index in [-0.39, 0.29) is 11.8 Å². The van der Waals surface area contributed by atoms with E-state index in [9.17, 15) is 8.42 Å². The Hall–Kier alpha value is -0.0900. The van der Waals surface area contributed by atoms with Crippen molar-refractivity contribution in [1.82, 2.24) is 4.72 Å². The lowest BCUT2D eigenvalue weighted by molar-refractivity contribution is 0.560. The van der Waals surface area contributed by atoms with Crippen molar-refractivity contribution in [3.05, 3.63) is 0 Å². The van der Waals surface area contributed by atoms with Crippen LogP contribution in [0.3, 0.4) is 0 Å². The van der Waals surface area contributed by atoms with Gasteiger partial charge in [0.15, 0.2) is 0 Å². The van der Waals surface area contributed by atoms with Crippen LogP contribution in [0.2, 0.25) is 0 Å². The van der Waals surface area contributed by atoms with Crippen LogP contribution in [0.15, 0.2) is 0 Å². The third-order valence-electron chi connectivity index (χ3n) is 1.81. The Bertz CT molecular complexity index is 229. The van der Waals surface area contributed by atoms with E-state index >= 15 is 0 Å². The summed E-state index contributed by atoms with van der Waals surface area (Å²) in [5.41, 5.74) is 0. The first kappa shape index (κ1) is 9.99. The Morgan fingerprint density at radius 1 is 1.42 bits per heavy atom. The summed E-state index contributed by atoms with van der Waals surface area (Å²) >= 11 is 0. The second-order valence-corrected chi connectivity index (χ2v) is 5.59. The van der Waals surface area contributed by atoms with E-state index in [4.69, 9.17) is 0 Å². The SMILES string of the molecule is CC(C)CCS(=O)(=O)[N]C1CC1. The fraction of sp³-hybridized carbons (Fsp3) is 1.00. The fourth-order valence-electron chi connectivity index (χ4n) is 0.844. The molecule has 71 valence electrons. The first-order chi connectivity index (χ1) is 5.49. The number of nitrogens with zero attached hydrogens (tertiary/aromatic N) is 1. The van der Waals surface area contributed by atoms with Crippen molar-refractivity contribution < 1.29 is 8.42 Å². The average molecular weight is 190 g/mol. The van der Waals surface area contributed by atoms with Crippen molar-refractivity contribution in [2.75, 3.05) is 5.75 Å². The van der Waals surface area contributed by atoms with Gasteiger partial charge in [-0.05, 0) is 25.2 Å². The van der Waals surface area contributed by atoms with Gasteiger partial charge in [-0.25, -0.2) is 8.42 Å². The van der Waals surface area contributed by atoms with Crippen molar-refractivity contribution in [2.45, 2.75) is 39.2 Å². The van der Waals surface area contributed by atoms with E-state index in [1.807, 2.05) is 13.8 Å². The maximum absolute atomic E-state index is 11.2. The molecule has 0 N–H and O–H groups in total. The molecule has 1 aliphatic carbocycles. The third kappa shape index (κ3) is 4.07. The maximum Gasteiger partial charge on any atom is 0.228 e. The van der Waals surface area contributed by atoms with Gasteiger partial charge >= 0.3 is 0 Å². The summed E-state index contributed by atoms with van der Waals surface area (Å²) < 4.78 is 26.2. The Morgan fingerprint density at radius 3 is 2.42 bits per heavy atom. The van der Waals surface area contributed by atoms with Gasteiger partial charge < -0.3 is 0 Å². The van der Waals surface area contributed by atoms with Gasteiger partial charge in [0.25, 0.3) is 0 Å². The highest BCUT2D eigenvalue weighted by Gasteiger charge is 2.28. The van der Waals surface area contributed by atoms with Crippen molar-refractivity contribution in [2.24, 2.45) is 5.92 Å². The molecule has 0 heterocycles. The molecule has 0 aliphatic heterocycles. The Labute approximate surface area is 74.6 Å². The van der Waals surface area contributed by atoms with Crippen LogP contribution in [0.1, 0.15) is 33.1 Å². The molecule has 0 aromatic heterocycles. The lowest BCUT2D eigenvalue weighted by Gasteiger charge is -2.04. The van der Waals surface area contributed by atoms with E-state index in [1.54, 1.807) is 0 Å². The number of sulfonamides is 1. The zero-order valence-corrected chi connectivity index (χ0v) is 8.47. The summed E-state index contributed by atoms with van der Waals surface area (Å²) in [6, 6.07) is 0.127. The molecule has 0 saturated heterocycles. The highest BCUT2D eigenvalue weighted by Crippen LogP contribution is 2.21. The predicted octanol–water partition coefficient (Wildman–Crippen LogP) is 1.13. The van der Waals surface area contributed by atoms with Crippen LogP contribution < -0.4 is 4.72 Å². The fourth-order valence-corrected chi connectivity index (χ4v) is 2.38. The average Bonchev–Trinajstić information content (AvgIpc) is 2.67. The molecular formula is C8H16NO2S. The molecule has 0 amide bonds. The van der Waals surface area contributed by atoms with Crippen LogP contribution in [-0.4, -0.2) is 20.2 Å². The van der Waals surface area contributed by atoms with Gasteiger partial charge in [-0.3, -0.25) is 0 Å². The standard InChI is InChI=1S/C8H16NO2S/c1-7(2)5-6-12(10,11)9-8-3-4-8/h7-8H,3-6H2,1-2H3. The van der Waals surface area contributed by atoms with Crippen molar-refractivity contribution in [1.29, 1.82) is 0 Å². The molecule has 4 heteroatoms. The molecule has 0 spiro atoms. The Kier molecular flexibility index (Phi) is 3.12. The van der Waals surface area contributed by atoms with Gasteiger partial charge in [0.2, 0.25) is 10.0 Å². The molecule has 3 nitrogen and oxygen atoms in total. The van der Waals surface area contributed by atoms with E-state index < -0.39 is 10.0 Å². The molecule has 0 aromatic carbocycles. The molecule has 0 aromatic rings. The van der Waals surface area contributed by atoms with Crippen molar-refractivity contribution in [3.8, 4) is 0 Å². The summed E-state index contributed by atoms with van der Waals surface area (Å²) in [4.78, 5) is 0. The minimum atomic E-state index is -3.09. The summed E-state index contributed by atoms with van der Waals surface area (Å²) in [6.07, 6.45) is 2.64. The van der Waals surface area contributed by atoms with Crippen LogP contribution in [0.4, 0.5) is 0 Å². The van der Waals surface area contributed by atoms with Gasteiger partial charge in [0.1, 0.15) is 0 Å². The van der Waals surface area contributed by atoms with Crippen LogP contribution >= 0.6 is 0 Å². The number of hydrogen-bond donors (Lipinski definition) is 0. The van der Waals surface area contributed by atoms with Gasteiger partial charge in [-0.15, -0.1) is 4.72 Å². The molecule has 1 fully saturated rings. The van der Waals surface area contributed by atoms with Gasteiger partial charge in [0, 0.05) is 6.04 Å². The number of rotatable bonds is 5.